The molecule has 2 atom stereocenters. The Morgan fingerprint density at radius 3 is 2.57 bits per heavy atom. The summed E-state index contributed by atoms with van der Waals surface area (Å²) in [4.78, 5) is 11.8. The van der Waals surface area contributed by atoms with Crippen LogP contribution in [-0.2, 0) is 14.8 Å². The highest BCUT2D eigenvalue weighted by atomic mass is 32.2. The summed E-state index contributed by atoms with van der Waals surface area (Å²) >= 11 is 0. The number of nitrogens with one attached hydrogen (secondary N) is 2. The Bertz CT molecular complexity index is 633. The SMILES string of the molecule is Cc1n[nH]c(C)c1S(=O)(=O)NC1(C(=O)O)CCCCC1C. The summed E-state index contributed by atoms with van der Waals surface area (Å²) in [5.41, 5.74) is -0.694. The summed E-state index contributed by atoms with van der Waals surface area (Å²) < 4.78 is 27.7. The number of H-pyrrole nitrogens is 1. The summed E-state index contributed by atoms with van der Waals surface area (Å²) in [5, 5.41) is 16.1. The molecule has 1 aromatic rings. The van der Waals surface area contributed by atoms with Crippen LogP contribution in [0, 0.1) is 19.8 Å². The Hall–Kier alpha value is -1.41. The summed E-state index contributed by atoms with van der Waals surface area (Å²) in [6, 6.07) is 0. The second-order valence-corrected chi connectivity index (χ2v) is 7.41. The minimum absolute atomic E-state index is 0.0425. The molecule has 0 amide bonds. The molecule has 0 saturated heterocycles. The number of aryl methyl sites for hydroxylation is 2. The fraction of sp³-hybridized carbons (Fsp3) is 0.692. The zero-order valence-corrected chi connectivity index (χ0v) is 13.2. The quantitative estimate of drug-likeness (QED) is 0.776. The standard InChI is InChI=1S/C13H21N3O4S/c1-8-6-4-5-7-13(8,12(17)18)16-21(19,20)11-9(2)14-15-10(11)3/h8,16H,4-7H2,1-3H3,(H,14,15)(H,17,18). The van der Waals surface area contributed by atoms with Gasteiger partial charge >= 0.3 is 5.97 Å². The lowest BCUT2D eigenvalue weighted by Gasteiger charge is -2.39. The Labute approximate surface area is 124 Å². The number of carbonyl (C=O) groups is 1. The average Bonchev–Trinajstić information content (AvgIpc) is 2.72. The van der Waals surface area contributed by atoms with E-state index in [9.17, 15) is 18.3 Å². The maximum atomic E-state index is 12.6. The number of carboxylic acids is 1. The third kappa shape index (κ3) is 2.69. The van der Waals surface area contributed by atoms with Gasteiger partial charge in [0.1, 0.15) is 10.4 Å². The van der Waals surface area contributed by atoms with Crippen LogP contribution in [0.15, 0.2) is 4.90 Å². The van der Waals surface area contributed by atoms with Gasteiger partial charge in [0.05, 0.1) is 11.4 Å². The number of aliphatic carboxylic acids is 1. The summed E-state index contributed by atoms with van der Waals surface area (Å²) in [6.07, 6.45) is 2.61. The van der Waals surface area contributed by atoms with E-state index in [0.717, 1.165) is 6.42 Å². The fourth-order valence-electron chi connectivity index (χ4n) is 3.09. The first-order chi connectivity index (χ1) is 9.70. The van der Waals surface area contributed by atoms with Crippen LogP contribution in [0.4, 0.5) is 0 Å². The van der Waals surface area contributed by atoms with Crippen molar-refractivity contribution < 1.29 is 18.3 Å². The van der Waals surface area contributed by atoms with E-state index in [1.807, 2.05) is 0 Å². The van der Waals surface area contributed by atoms with Gasteiger partial charge in [-0.05, 0) is 32.6 Å². The molecule has 0 spiro atoms. The van der Waals surface area contributed by atoms with Gasteiger partial charge in [0.15, 0.2) is 0 Å². The Kier molecular flexibility index (Phi) is 4.12. The largest absolute Gasteiger partial charge is 0.480 e. The predicted molar refractivity (Wildman–Crippen MR) is 76.4 cm³/mol. The van der Waals surface area contributed by atoms with Gasteiger partial charge in [0.2, 0.25) is 10.0 Å². The maximum absolute atomic E-state index is 12.6. The number of carboxylic acid groups (broad SMARTS) is 1. The molecule has 1 heterocycles. The lowest BCUT2D eigenvalue weighted by atomic mass is 9.74. The maximum Gasteiger partial charge on any atom is 0.325 e. The van der Waals surface area contributed by atoms with Gasteiger partial charge in [0.25, 0.3) is 0 Å². The van der Waals surface area contributed by atoms with Crippen LogP contribution in [0.1, 0.15) is 44.0 Å². The van der Waals surface area contributed by atoms with E-state index in [0.29, 0.717) is 30.7 Å². The van der Waals surface area contributed by atoms with Crippen molar-refractivity contribution >= 4 is 16.0 Å². The number of sulfonamides is 1. The minimum Gasteiger partial charge on any atom is -0.480 e. The summed E-state index contributed by atoms with van der Waals surface area (Å²) in [6.45, 7) is 4.97. The minimum atomic E-state index is -3.94. The summed E-state index contributed by atoms with van der Waals surface area (Å²) in [5.74, 6) is -1.37. The van der Waals surface area contributed by atoms with E-state index in [4.69, 9.17) is 0 Å². The molecule has 0 bridgehead atoms. The van der Waals surface area contributed by atoms with Gasteiger partial charge in [-0.2, -0.15) is 9.82 Å². The second kappa shape index (κ2) is 5.42. The van der Waals surface area contributed by atoms with Crippen molar-refractivity contribution in [2.45, 2.75) is 56.9 Å². The van der Waals surface area contributed by atoms with Crippen LogP contribution >= 0.6 is 0 Å². The molecule has 0 aliphatic heterocycles. The second-order valence-electron chi connectivity index (χ2n) is 5.79. The molecule has 1 aromatic heterocycles. The average molecular weight is 315 g/mol. The number of aromatic amines is 1. The van der Waals surface area contributed by atoms with Gasteiger partial charge in [-0.25, -0.2) is 8.42 Å². The number of aromatic nitrogens is 2. The molecule has 2 rings (SSSR count). The first-order valence-electron chi connectivity index (χ1n) is 6.99. The first kappa shape index (κ1) is 16.0. The number of hydrogen-bond acceptors (Lipinski definition) is 4. The molecule has 0 aromatic carbocycles. The van der Waals surface area contributed by atoms with E-state index < -0.39 is 21.5 Å². The topological polar surface area (TPSA) is 112 Å². The number of nitrogens with zero attached hydrogens (tertiary/aromatic N) is 1. The molecule has 3 N–H and O–H groups in total. The van der Waals surface area contributed by atoms with Crippen molar-refractivity contribution in [2.24, 2.45) is 5.92 Å². The Morgan fingerprint density at radius 2 is 2.10 bits per heavy atom. The van der Waals surface area contributed by atoms with Crippen LogP contribution in [-0.4, -0.2) is 35.2 Å². The van der Waals surface area contributed by atoms with Gasteiger partial charge in [-0.3, -0.25) is 9.89 Å². The fourth-order valence-corrected chi connectivity index (χ4v) is 4.94. The highest BCUT2D eigenvalue weighted by Gasteiger charge is 2.48. The molecule has 21 heavy (non-hydrogen) atoms. The van der Waals surface area contributed by atoms with Crippen molar-refractivity contribution in [3.8, 4) is 0 Å². The van der Waals surface area contributed by atoms with E-state index in [1.165, 1.54) is 0 Å². The van der Waals surface area contributed by atoms with Crippen LogP contribution in [0.5, 0.6) is 0 Å². The van der Waals surface area contributed by atoms with Crippen molar-refractivity contribution in [1.29, 1.82) is 0 Å². The van der Waals surface area contributed by atoms with Crippen LogP contribution in [0.2, 0.25) is 0 Å². The van der Waals surface area contributed by atoms with E-state index >= 15 is 0 Å². The van der Waals surface area contributed by atoms with Gasteiger partial charge in [-0.15, -0.1) is 0 Å². The predicted octanol–water partition coefficient (Wildman–Crippen LogP) is 1.34. The van der Waals surface area contributed by atoms with Gasteiger partial charge < -0.3 is 5.11 Å². The zero-order valence-electron chi connectivity index (χ0n) is 12.4. The molecule has 8 heteroatoms. The monoisotopic (exact) mass is 315 g/mol. The third-order valence-electron chi connectivity index (χ3n) is 4.33. The normalized spacial score (nSPS) is 26.7. The third-order valence-corrected chi connectivity index (χ3v) is 6.10. The van der Waals surface area contributed by atoms with Crippen LogP contribution < -0.4 is 4.72 Å². The molecular weight excluding hydrogens is 294 g/mol. The van der Waals surface area contributed by atoms with Crippen LogP contribution in [0.3, 0.4) is 0 Å². The lowest BCUT2D eigenvalue weighted by Crippen LogP contribution is -2.59. The zero-order chi connectivity index (χ0) is 15.8. The van der Waals surface area contributed by atoms with Gasteiger partial charge in [0, 0.05) is 0 Å². The molecule has 0 radical (unpaired) electrons. The Morgan fingerprint density at radius 1 is 1.43 bits per heavy atom. The molecule has 7 nitrogen and oxygen atoms in total. The Balaban J connectivity index is 2.44. The smallest absolute Gasteiger partial charge is 0.325 e. The molecule has 1 fully saturated rings. The van der Waals surface area contributed by atoms with Crippen molar-refractivity contribution in [1.82, 2.24) is 14.9 Å². The van der Waals surface area contributed by atoms with Crippen LogP contribution in [0.25, 0.3) is 0 Å². The lowest BCUT2D eigenvalue weighted by molar-refractivity contribution is -0.147. The van der Waals surface area contributed by atoms with E-state index in [2.05, 4.69) is 14.9 Å². The van der Waals surface area contributed by atoms with Crippen molar-refractivity contribution in [2.75, 3.05) is 0 Å². The van der Waals surface area contributed by atoms with E-state index in [1.54, 1.807) is 20.8 Å². The first-order valence-corrected chi connectivity index (χ1v) is 8.48. The molecule has 2 unspecified atom stereocenters. The molecular formula is C13H21N3O4S. The van der Waals surface area contributed by atoms with Crippen molar-refractivity contribution in [3.63, 3.8) is 0 Å². The highest BCUT2D eigenvalue weighted by molar-refractivity contribution is 7.89. The number of hydrogen-bond donors (Lipinski definition) is 3. The van der Waals surface area contributed by atoms with E-state index in [-0.39, 0.29) is 10.8 Å². The van der Waals surface area contributed by atoms with Gasteiger partial charge in [-0.1, -0.05) is 19.8 Å². The molecule has 1 aliphatic carbocycles. The summed E-state index contributed by atoms with van der Waals surface area (Å²) in [7, 11) is -3.94. The molecule has 1 aliphatic rings. The highest BCUT2D eigenvalue weighted by Crippen LogP contribution is 2.35. The van der Waals surface area contributed by atoms with Crippen molar-refractivity contribution in [3.05, 3.63) is 11.4 Å². The number of rotatable bonds is 4. The molecule has 118 valence electrons. The molecule has 1 saturated carbocycles.